The molecular formula is C26H30N6O5S. The van der Waals surface area contributed by atoms with Crippen molar-refractivity contribution in [1.29, 1.82) is 0 Å². The molecular weight excluding hydrogens is 508 g/mol. The second-order valence-corrected chi connectivity index (χ2v) is 10.5. The largest absolute Gasteiger partial charge is 0.496 e. The first-order chi connectivity index (χ1) is 17.9. The molecule has 0 aliphatic rings. The van der Waals surface area contributed by atoms with E-state index in [-0.39, 0.29) is 11.4 Å². The average Bonchev–Trinajstić information content (AvgIpc) is 3.39. The van der Waals surface area contributed by atoms with Crippen LogP contribution in [0.1, 0.15) is 48.1 Å². The number of fused-ring (bicyclic) bond motifs is 1. The van der Waals surface area contributed by atoms with Crippen molar-refractivity contribution in [1.82, 2.24) is 18.9 Å². The Balaban J connectivity index is 2.05. The van der Waals surface area contributed by atoms with Gasteiger partial charge >= 0.3 is 12.1 Å². The monoisotopic (exact) mass is 538 g/mol. The number of anilines is 2. The number of rotatable bonds is 5. The van der Waals surface area contributed by atoms with Gasteiger partial charge in [0.25, 0.3) is 0 Å². The third kappa shape index (κ3) is 4.74. The summed E-state index contributed by atoms with van der Waals surface area (Å²) in [6.07, 6.45) is 0.924. The molecule has 0 radical (unpaired) electrons. The Bertz CT molecular complexity index is 1570. The number of methoxy groups -OCH3 is 2. The summed E-state index contributed by atoms with van der Waals surface area (Å²) in [5.41, 5.74) is 9.77. The molecule has 0 saturated heterocycles. The predicted octanol–water partition coefficient (Wildman–Crippen LogP) is 5.19. The summed E-state index contributed by atoms with van der Waals surface area (Å²) in [6.45, 7) is 10.9. The van der Waals surface area contributed by atoms with Gasteiger partial charge in [-0.1, -0.05) is 6.07 Å². The summed E-state index contributed by atoms with van der Waals surface area (Å²) in [6, 6.07) is 3.78. The van der Waals surface area contributed by atoms with Crippen molar-refractivity contribution >= 4 is 45.4 Å². The number of hydrogen-bond donors (Lipinski definition) is 2. The highest BCUT2D eigenvalue weighted by atomic mass is 32.1. The van der Waals surface area contributed by atoms with Gasteiger partial charge in [0, 0.05) is 5.56 Å². The van der Waals surface area contributed by atoms with Crippen LogP contribution in [0.2, 0.25) is 0 Å². The van der Waals surface area contributed by atoms with Crippen molar-refractivity contribution in [3.63, 3.8) is 0 Å². The van der Waals surface area contributed by atoms with E-state index in [0.29, 0.717) is 38.9 Å². The number of esters is 1. The van der Waals surface area contributed by atoms with E-state index < -0.39 is 17.7 Å². The summed E-state index contributed by atoms with van der Waals surface area (Å²) in [5.74, 6) is 0.568. The first-order valence-corrected chi connectivity index (χ1v) is 12.5. The predicted molar refractivity (Wildman–Crippen MR) is 146 cm³/mol. The van der Waals surface area contributed by atoms with Crippen molar-refractivity contribution in [2.75, 3.05) is 25.3 Å². The van der Waals surface area contributed by atoms with Crippen molar-refractivity contribution in [2.45, 2.75) is 47.1 Å². The fourth-order valence-electron chi connectivity index (χ4n) is 4.31. The first-order valence-electron chi connectivity index (χ1n) is 11.7. The second-order valence-electron chi connectivity index (χ2n) is 9.66. The van der Waals surface area contributed by atoms with Crippen LogP contribution in [0.5, 0.6) is 5.75 Å². The molecule has 12 heteroatoms. The van der Waals surface area contributed by atoms with E-state index in [9.17, 15) is 9.59 Å². The van der Waals surface area contributed by atoms with Gasteiger partial charge < -0.3 is 19.9 Å². The molecule has 4 aromatic rings. The van der Waals surface area contributed by atoms with Crippen molar-refractivity contribution < 1.29 is 23.8 Å². The Morgan fingerprint density at radius 2 is 1.82 bits per heavy atom. The van der Waals surface area contributed by atoms with Crippen molar-refractivity contribution in [2.24, 2.45) is 0 Å². The third-order valence-electron chi connectivity index (χ3n) is 5.82. The van der Waals surface area contributed by atoms with Gasteiger partial charge in [0.05, 0.1) is 42.7 Å². The topological polar surface area (TPSA) is 143 Å². The van der Waals surface area contributed by atoms with Gasteiger partial charge in [0.2, 0.25) is 0 Å². The lowest BCUT2D eigenvalue weighted by atomic mass is 10.1. The van der Waals surface area contributed by atoms with Crippen LogP contribution in [0, 0.1) is 20.8 Å². The molecule has 4 rings (SSSR count). The van der Waals surface area contributed by atoms with Crippen molar-refractivity contribution in [3.8, 4) is 22.7 Å². The summed E-state index contributed by atoms with van der Waals surface area (Å²) in [5, 5.41) is 3.51. The summed E-state index contributed by atoms with van der Waals surface area (Å²) in [7, 11) is 2.87. The van der Waals surface area contributed by atoms with E-state index in [1.54, 1.807) is 45.6 Å². The maximum atomic E-state index is 13.1. The lowest BCUT2D eigenvalue weighted by Crippen LogP contribution is -2.27. The van der Waals surface area contributed by atoms with Crippen LogP contribution < -0.4 is 15.8 Å². The van der Waals surface area contributed by atoms with E-state index in [4.69, 9.17) is 24.9 Å². The number of hydrogen-bond acceptors (Lipinski definition) is 10. The minimum atomic E-state index is -0.691. The Morgan fingerprint density at radius 1 is 1.11 bits per heavy atom. The Kier molecular flexibility index (Phi) is 7.02. The highest BCUT2D eigenvalue weighted by molar-refractivity contribution is 7.11. The molecule has 3 N–H and O–H groups in total. The van der Waals surface area contributed by atoms with Crippen LogP contribution in [-0.4, -0.2) is 50.8 Å². The van der Waals surface area contributed by atoms with Gasteiger partial charge in [0.1, 0.15) is 33.6 Å². The van der Waals surface area contributed by atoms with Crippen LogP contribution in [0.25, 0.3) is 28.0 Å². The number of nitrogens with zero attached hydrogens (tertiary/aromatic N) is 4. The fraction of sp³-hybridized carbons (Fsp3) is 0.346. The minimum Gasteiger partial charge on any atom is -0.496 e. The zero-order valence-corrected chi connectivity index (χ0v) is 23.4. The number of ether oxygens (including phenoxy) is 3. The number of aryl methyl sites for hydroxylation is 2. The van der Waals surface area contributed by atoms with Gasteiger partial charge in [-0.3, -0.25) is 9.88 Å². The Hall–Kier alpha value is -4.19. The van der Waals surface area contributed by atoms with Crippen LogP contribution in [0.3, 0.4) is 0 Å². The van der Waals surface area contributed by atoms with E-state index >= 15 is 0 Å². The molecule has 200 valence electrons. The maximum absolute atomic E-state index is 13.1. The standard InChI is InChI=1S/C26H30N6O5S/c1-12-9-10-16(35-7)13(2)20(12)32-21(27)18(24(33)36-8)17-19(29-14(3)30-22(17)32)15-11-28-38-23(15)31-25(34)37-26(4,5)6/h9-11H,27H2,1-8H3,(H,31,34). The van der Waals surface area contributed by atoms with Crippen LogP contribution >= 0.6 is 11.5 Å². The molecule has 0 unspecified atom stereocenters. The molecule has 1 amide bonds. The molecule has 0 atom stereocenters. The summed E-state index contributed by atoms with van der Waals surface area (Å²) >= 11 is 1.06. The molecule has 3 heterocycles. The molecule has 0 aliphatic heterocycles. The van der Waals surface area contributed by atoms with Gasteiger partial charge in [-0.25, -0.2) is 19.6 Å². The molecule has 1 aromatic carbocycles. The normalized spacial score (nSPS) is 11.5. The quantitative estimate of drug-likeness (QED) is 0.328. The zero-order chi connectivity index (χ0) is 27.9. The maximum Gasteiger partial charge on any atom is 0.412 e. The average molecular weight is 539 g/mol. The van der Waals surface area contributed by atoms with E-state index in [2.05, 4.69) is 14.7 Å². The lowest BCUT2D eigenvalue weighted by Gasteiger charge is -2.19. The number of carbonyl (C=O) groups excluding carboxylic acids is 2. The molecule has 0 saturated carbocycles. The molecule has 0 spiro atoms. The number of nitrogen functional groups attached to an aromatic ring is 1. The van der Waals surface area contributed by atoms with Crippen LogP contribution in [0.15, 0.2) is 18.3 Å². The Labute approximate surface area is 224 Å². The SMILES string of the molecule is COC(=O)c1c(N)n(-c2c(C)ccc(OC)c2C)c2nc(C)nc(-c3cnsc3NC(=O)OC(C)(C)C)c12. The van der Waals surface area contributed by atoms with E-state index in [1.807, 2.05) is 26.0 Å². The number of carbonyl (C=O) groups is 2. The van der Waals surface area contributed by atoms with Crippen molar-refractivity contribution in [3.05, 3.63) is 40.8 Å². The smallest absolute Gasteiger partial charge is 0.412 e. The number of nitrogens with two attached hydrogens (primary N) is 1. The van der Waals surface area contributed by atoms with E-state index in [0.717, 1.165) is 28.3 Å². The summed E-state index contributed by atoms with van der Waals surface area (Å²) < 4.78 is 22.0. The van der Waals surface area contributed by atoms with Gasteiger partial charge in [-0.2, -0.15) is 4.37 Å². The highest BCUT2D eigenvalue weighted by Crippen LogP contribution is 2.42. The fourth-order valence-corrected chi connectivity index (χ4v) is 4.95. The first kappa shape index (κ1) is 26.9. The van der Waals surface area contributed by atoms with Gasteiger partial charge in [-0.15, -0.1) is 0 Å². The zero-order valence-electron chi connectivity index (χ0n) is 22.5. The van der Waals surface area contributed by atoms with Crippen LogP contribution in [0.4, 0.5) is 15.6 Å². The molecule has 0 fully saturated rings. The third-order valence-corrected chi connectivity index (χ3v) is 6.53. The number of nitrogens with one attached hydrogen (secondary N) is 1. The second kappa shape index (κ2) is 9.93. The summed E-state index contributed by atoms with van der Waals surface area (Å²) in [4.78, 5) is 35.0. The number of aromatic nitrogens is 4. The van der Waals surface area contributed by atoms with Gasteiger partial charge in [-0.05, 0) is 64.7 Å². The minimum absolute atomic E-state index is 0.105. The molecule has 3 aromatic heterocycles. The molecule has 11 nitrogen and oxygen atoms in total. The Morgan fingerprint density at radius 3 is 2.45 bits per heavy atom. The number of benzene rings is 1. The molecule has 38 heavy (non-hydrogen) atoms. The van der Waals surface area contributed by atoms with Gasteiger partial charge in [0.15, 0.2) is 5.65 Å². The van der Waals surface area contributed by atoms with Crippen LogP contribution in [-0.2, 0) is 9.47 Å². The lowest BCUT2D eigenvalue weighted by molar-refractivity contribution is 0.0601. The highest BCUT2D eigenvalue weighted by Gasteiger charge is 2.30. The number of amides is 1. The van der Waals surface area contributed by atoms with E-state index in [1.165, 1.54) is 7.11 Å². The molecule has 0 aliphatic carbocycles. The molecule has 0 bridgehead atoms.